The highest BCUT2D eigenvalue weighted by atomic mass is 19.1. The molecule has 0 spiro atoms. The molecule has 0 aliphatic carbocycles. The molecule has 0 radical (unpaired) electrons. The minimum absolute atomic E-state index is 0.00265. The van der Waals surface area contributed by atoms with Gasteiger partial charge in [0.05, 0.1) is 16.9 Å². The predicted molar refractivity (Wildman–Crippen MR) is 117 cm³/mol. The van der Waals surface area contributed by atoms with Crippen molar-refractivity contribution in [1.29, 1.82) is 0 Å². The van der Waals surface area contributed by atoms with Crippen LogP contribution in [-0.4, -0.2) is 28.3 Å². The molecule has 1 unspecified atom stereocenters. The highest BCUT2D eigenvalue weighted by Gasteiger charge is 2.60. The van der Waals surface area contributed by atoms with E-state index in [1.165, 1.54) is 28.0 Å². The van der Waals surface area contributed by atoms with Crippen molar-refractivity contribution < 1.29 is 18.8 Å². The van der Waals surface area contributed by atoms with Crippen molar-refractivity contribution in [3.8, 4) is 0 Å². The van der Waals surface area contributed by atoms with Gasteiger partial charge >= 0.3 is 0 Å². The van der Waals surface area contributed by atoms with Crippen LogP contribution in [0.2, 0.25) is 0 Å². The number of hydrogen-bond donors (Lipinski definition) is 1. The molecule has 2 aliphatic rings. The molecule has 1 N–H and O–H groups in total. The first kappa shape index (κ1) is 19.9. The van der Waals surface area contributed by atoms with Gasteiger partial charge in [0.2, 0.25) is 11.6 Å². The van der Waals surface area contributed by atoms with Crippen LogP contribution in [-0.2, 0) is 16.1 Å². The van der Waals surface area contributed by atoms with Gasteiger partial charge in [0.25, 0.3) is 11.8 Å². The zero-order valence-electron chi connectivity index (χ0n) is 17.1. The molecule has 1 fully saturated rings. The van der Waals surface area contributed by atoms with Gasteiger partial charge in [-0.2, -0.15) is 0 Å². The Morgan fingerprint density at radius 2 is 1.62 bits per heavy atom. The van der Waals surface area contributed by atoms with Crippen molar-refractivity contribution in [2.75, 3.05) is 10.2 Å². The van der Waals surface area contributed by atoms with E-state index in [0.29, 0.717) is 11.3 Å². The summed E-state index contributed by atoms with van der Waals surface area (Å²) in [5.74, 6) is -1.82. The Hall–Kier alpha value is -4.00. The van der Waals surface area contributed by atoms with E-state index in [0.717, 1.165) is 5.56 Å². The normalized spacial score (nSPS) is 19.5. The third-order valence-electron chi connectivity index (χ3n) is 6.04. The Labute approximate surface area is 184 Å². The number of carbonyl (C=O) groups excluding carboxylic acids is 3. The van der Waals surface area contributed by atoms with Crippen LogP contribution in [0.3, 0.4) is 0 Å². The van der Waals surface area contributed by atoms with Crippen LogP contribution in [0.15, 0.2) is 78.9 Å². The summed E-state index contributed by atoms with van der Waals surface area (Å²) in [6, 6.07) is 21.9. The number of para-hydroxylation sites is 2. The lowest BCUT2D eigenvalue weighted by Crippen LogP contribution is -2.69. The minimum Gasteiger partial charge on any atom is -0.320 e. The Morgan fingerprint density at radius 1 is 0.938 bits per heavy atom. The van der Waals surface area contributed by atoms with Crippen molar-refractivity contribution in [1.82, 2.24) is 4.90 Å². The molecular weight excluding hydrogens is 409 g/mol. The molecule has 0 aromatic heterocycles. The van der Waals surface area contributed by atoms with E-state index < -0.39 is 17.4 Å². The van der Waals surface area contributed by atoms with Gasteiger partial charge in [0.1, 0.15) is 5.82 Å². The van der Waals surface area contributed by atoms with Gasteiger partial charge in [-0.15, -0.1) is 0 Å². The Morgan fingerprint density at radius 3 is 2.41 bits per heavy atom. The van der Waals surface area contributed by atoms with Crippen LogP contribution in [0.1, 0.15) is 28.8 Å². The van der Waals surface area contributed by atoms with Gasteiger partial charge in [-0.05, 0) is 29.8 Å². The fourth-order valence-electron chi connectivity index (χ4n) is 4.55. The molecule has 3 aromatic rings. The zero-order valence-corrected chi connectivity index (χ0v) is 17.1. The molecule has 32 heavy (non-hydrogen) atoms. The molecule has 1 atom stereocenters. The maximum atomic E-state index is 14.3. The molecule has 0 bridgehead atoms. The average molecular weight is 429 g/mol. The highest BCUT2D eigenvalue weighted by Crippen LogP contribution is 2.45. The summed E-state index contributed by atoms with van der Waals surface area (Å²) in [5.41, 5.74) is -0.0311. The van der Waals surface area contributed by atoms with Crippen molar-refractivity contribution in [3.63, 3.8) is 0 Å². The quantitative estimate of drug-likeness (QED) is 0.683. The number of fused-ring (bicyclic) bond motifs is 3. The molecule has 3 aromatic carbocycles. The summed E-state index contributed by atoms with van der Waals surface area (Å²) in [6.07, 6.45) is 0.205. The van der Waals surface area contributed by atoms with Crippen LogP contribution < -0.4 is 10.2 Å². The number of carbonyl (C=O) groups is 3. The summed E-state index contributed by atoms with van der Waals surface area (Å²) in [6.45, 7) is 0.127. The third kappa shape index (κ3) is 2.97. The van der Waals surface area contributed by atoms with Gasteiger partial charge in [-0.25, -0.2) is 4.39 Å². The van der Waals surface area contributed by atoms with Gasteiger partial charge < -0.3 is 10.2 Å². The van der Waals surface area contributed by atoms with E-state index in [2.05, 4.69) is 5.32 Å². The van der Waals surface area contributed by atoms with Gasteiger partial charge in [0.15, 0.2) is 0 Å². The summed E-state index contributed by atoms with van der Waals surface area (Å²) < 4.78 is 14.3. The summed E-state index contributed by atoms with van der Waals surface area (Å²) >= 11 is 0. The Bertz CT molecular complexity index is 1230. The van der Waals surface area contributed by atoms with Crippen molar-refractivity contribution in [3.05, 3.63) is 95.8 Å². The summed E-state index contributed by atoms with van der Waals surface area (Å²) in [5, 5.41) is 2.63. The molecular formula is C25H20FN3O3. The molecule has 160 valence electrons. The molecule has 3 amide bonds. The fraction of sp³-hybridized carbons (Fsp3) is 0.160. The molecule has 1 saturated heterocycles. The standard InChI is InChI=1S/C25H20FN3O3/c26-19-11-5-6-12-20(19)27-24(32)25-15-14-22(30)29(25)21-13-7-4-10-18(21)23(31)28(25)16-17-8-2-1-3-9-17/h1-13H,14-16H2,(H,27,32). The summed E-state index contributed by atoms with van der Waals surface area (Å²) in [7, 11) is 0. The number of nitrogens with zero attached hydrogens (tertiary/aromatic N) is 2. The second kappa shape index (κ2) is 7.60. The highest BCUT2D eigenvalue weighted by molar-refractivity contribution is 6.18. The number of amides is 3. The van der Waals surface area contributed by atoms with E-state index in [-0.39, 0.29) is 36.9 Å². The molecule has 0 saturated carbocycles. The lowest BCUT2D eigenvalue weighted by Gasteiger charge is -2.49. The number of benzene rings is 3. The van der Waals surface area contributed by atoms with Crippen LogP contribution in [0.4, 0.5) is 15.8 Å². The molecule has 2 aliphatic heterocycles. The van der Waals surface area contributed by atoms with E-state index in [9.17, 15) is 18.8 Å². The molecule has 2 heterocycles. The molecule has 7 heteroatoms. The van der Waals surface area contributed by atoms with E-state index in [1.54, 1.807) is 30.3 Å². The number of halogens is 1. The van der Waals surface area contributed by atoms with Crippen molar-refractivity contribution >= 4 is 29.1 Å². The predicted octanol–water partition coefficient (Wildman–Crippen LogP) is 3.94. The van der Waals surface area contributed by atoms with E-state index in [4.69, 9.17) is 0 Å². The SMILES string of the molecule is O=C1c2ccccc2N2C(=O)CCC2(C(=O)Nc2ccccc2F)N1Cc1ccccc1. The maximum Gasteiger partial charge on any atom is 0.271 e. The first-order chi connectivity index (χ1) is 15.5. The lowest BCUT2D eigenvalue weighted by atomic mass is 9.94. The number of rotatable bonds is 4. The Kier molecular flexibility index (Phi) is 4.74. The first-order valence-corrected chi connectivity index (χ1v) is 10.4. The number of anilines is 2. The lowest BCUT2D eigenvalue weighted by molar-refractivity contribution is -0.129. The number of nitrogens with one attached hydrogen (secondary N) is 1. The van der Waals surface area contributed by atoms with Gasteiger partial charge in [-0.3, -0.25) is 19.3 Å². The topological polar surface area (TPSA) is 69.7 Å². The van der Waals surface area contributed by atoms with Gasteiger partial charge in [-0.1, -0.05) is 54.6 Å². The van der Waals surface area contributed by atoms with Crippen LogP contribution in [0, 0.1) is 5.82 Å². The zero-order chi connectivity index (χ0) is 22.3. The second-order valence-corrected chi connectivity index (χ2v) is 7.87. The second-order valence-electron chi connectivity index (χ2n) is 7.87. The fourth-order valence-corrected chi connectivity index (χ4v) is 4.55. The first-order valence-electron chi connectivity index (χ1n) is 10.4. The van der Waals surface area contributed by atoms with Crippen molar-refractivity contribution in [2.24, 2.45) is 0 Å². The monoisotopic (exact) mass is 429 g/mol. The smallest absolute Gasteiger partial charge is 0.271 e. The maximum absolute atomic E-state index is 14.3. The van der Waals surface area contributed by atoms with Crippen LogP contribution in [0.25, 0.3) is 0 Å². The van der Waals surface area contributed by atoms with Gasteiger partial charge in [0, 0.05) is 19.4 Å². The average Bonchev–Trinajstić information content (AvgIpc) is 3.17. The summed E-state index contributed by atoms with van der Waals surface area (Å²) in [4.78, 5) is 43.3. The van der Waals surface area contributed by atoms with E-state index >= 15 is 0 Å². The Balaban J connectivity index is 1.66. The van der Waals surface area contributed by atoms with Crippen molar-refractivity contribution in [2.45, 2.75) is 25.0 Å². The molecule has 6 nitrogen and oxygen atoms in total. The largest absolute Gasteiger partial charge is 0.320 e. The third-order valence-corrected chi connectivity index (χ3v) is 6.04. The minimum atomic E-state index is -1.60. The van der Waals surface area contributed by atoms with E-state index in [1.807, 2.05) is 30.3 Å². The number of hydrogen-bond acceptors (Lipinski definition) is 3. The molecule has 5 rings (SSSR count). The van der Waals surface area contributed by atoms with Crippen LogP contribution >= 0.6 is 0 Å². The van der Waals surface area contributed by atoms with Crippen LogP contribution in [0.5, 0.6) is 0 Å².